The van der Waals surface area contributed by atoms with Crippen LogP contribution in [0.25, 0.3) is 10.9 Å². The molecule has 0 saturated carbocycles. The van der Waals surface area contributed by atoms with E-state index >= 15 is 0 Å². The molecule has 0 fully saturated rings. The summed E-state index contributed by atoms with van der Waals surface area (Å²) >= 11 is 1.51. The Bertz CT molecular complexity index is 954. The van der Waals surface area contributed by atoms with Crippen molar-refractivity contribution in [1.29, 1.82) is 0 Å². The SMILES string of the molecule is O=C(C[C@H](c1ccccc1)c1c[nH]c2ccccc12)c1cccs1. The second kappa shape index (κ2) is 6.46. The van der Waals surface area contributed by atoms with E-state index in [0.29, 0.717) is 6.42 Å². The van der Waals surface area contributed by atoms with E-state index in [9.17, 15) is 4.79 Å². The number of hydrogen-bond acceptors (Lipinski definition) is 2. The molecule has 0 bridgehead atoms. The fourth-order valence-corrected chi connectivity index (χ4v) is 3.87. The number of carbonyl (C=O) groups excluding carboxylic acids is 1. The summed E-state index contributed by atoms with van der Waals surface area (Å²) in [6, 6.07) is 22.4. The standard InChI is InChI=1S/C21H17NOS/c23-20(21-11-6-12-24-21)13-17(15-7-2-1-3-8-15)18-14-22-19-10-5-4-9-16(18)19/h1-12,14,17,22H,13H2/t17-/m1/s1. The highest BCUT2D eigenvalue weighted by Gasteiger charge is 2.22. The van der Waals surface area contributed by atoms with Crippen molar-refractivity contribution in [3.05, 3.63) is 94.3 Å². The third-order valence-electron chi connectivity index (χ3n) is 4.38. The molecule has 0 aliphatic rings. The Morgan fingerprint density at radius 3 is 2.54 bits per heavy atom. The Morgan fingerprint density at radius 2 is 1.75 bits per heavy atom. The van der Waals surface area contributed by atoms with E-state index < -0.39 is 0 Å². The van der Waals surface area contributed by atoms with Crippen LogP contribution in [0.4, 0.5) is 0 Å². The van der Waals surface area contributed by atoms with Gasteiger partial charge in [-0.2, -0.15) is 0 Å². The highest BCUT2D eigenvalue weighted by molar-refractivity contribution is 7.12. The molecule has 2 heterocycles. The van der Waals surface area contributed by atoms with Crippen LogP contribution >= 0.6 is 11.3 Å². The van der Waals surface area contributed by atoms with Crippen molar-refractivity contribution in [3.63, 3.8) is 0 Å². The number of fused-ring (bicyclic) bond motifs is 1. The number of H-pyrrole nitrogens is 1. The largest absolute Gasteiger partial charge is 0.361 e. The van der Waals surface area contributed by atoms with Crippen LogP contribution in [0.2, 0.25) is 0 Å². The molecule has 0 radical (unpaired) electrons. The van der Waals surface area contributed by atoms with Gasteiger partial charge in [-0.1, -0.05) is 54.6 Å². The average Bonchev–Trinajstić information content (AvgIpc) is 3.30. The zero-order valence-electron chi connectivity index (χ0n) is 13.1. The van der Waals surface area contributed by atoms with Crippen LogP contribution in [0, 0.1) is 0 Å². The van der Waals surface area contributed by atoms with E-state index in [1.54, 1.807) is 0 Å². The van der Waals surface area contributed by atoms with Crippen LogP contribution in [-0.4, -0.2) is 10.8 Å². The first kappa shape index (κ1) is 14.9. The smallest absolute Gasteiger partial charge is 0.173 e. The fraction of sp³-hybridized carbons (Fsp3) is 0.0952. The maximum atomic E-state index is 12.7. The third kappa shape index (κ3) is 2.79. The van der Waals surface area contributed by atoms with Gasteiger partial charge in [-0.25, -0.2) is 0 Å². The molecule has 2 aromatic heterocycles. The van der Waals surface area contributed by atoms with Crippen molar-refractivity contribution in [1.82, 2.24) is 4.98 Å². The van der Waals surface area contributed by atoms with Gasteiger partial charge >= 0.3 is 0 Å². The second-order valence-corrected chi connectivity index (χ2v) is 6.81. The molecule has 3 heteroatoms. The lowest BCUT2D eigenvalue weighted by Gasteiger charge is -2.16. The number of aromatic nitrogens is 1. The van der Waals surface area contributed by atoms with E-state index in [0.717, 1.165) is 10.4 Å². The monoisotopic (exact) mass is 331 g/mol. The van der Waals surface area contributed by atoms with E-state index in [2.05, 4.69) is 29.2 Å². The quantitative estimate of drug-likeness (QED) is 0.472. The molecule has 1 N–H and O–H groups in total. The molecule has 2 nitrogen and oxygen atoms in total. The molecule has 0 spiro atoms. The minimum atomic E-state index is 0.0527. The van der Waals surface area contributed by atoms with Gasteiger partial charge < -0.3 is 4.98 Å². The summed E-state index contributed by atoms with van der Waals surface area (Å²) in [7, 11) is 0. The molecule has 24 heavy (non-hydrogen) atoms. The van der Waals surface area contributed by atoms with Crippen LogP contribution in [0.3, 0.4) is 0 Å². The Morgan fingerprint density at radius 1 is 0.958 bits per heavy atom. The zero-order chi connectivity index (χ0) is 16.4. The van der Waals surface area contributed by atoms with Crippen LogP contribution in [0.15, 0.2) is 78.3 Å². The zero-order valence-corrected chi connectivity index (χ0v) is 13.9. The lowest BCUT2D eigenvalue weighted by atomic mass is 9.86. The number of ketones is 1. The van der Waals surface area contributed by atoms with Crippen molar-refractivity contribution in [2.75, 3.05) is 0 Å². The topological polar surface area (TPSA) is 32.9 Å². The molecule has 0 saturated heterocycles. The summed E-state index contributed by atoms with van der Waals surface area (Å²) in [6.45, 7) is 0. The molecular weight excluding hydrogens is 314 g/mol. The molecule has 4 aromatic rings. The number of carbonyl (C=O) groups is 1. The molecule has 1 atom stereocenters. The van der Waals surface area contributed by atoms with Crippen molar-refractivity contribution in [2.24, 2.45) is 0 Å². The van der Waals surface area contributed by atoms with Gasteiger partial charge in [0, 0.05) is 29.4 Å². The number of thiophene rings is 1. The minimum Gasteiger partial charge on any atom is -0.361 e. The molecule has 0 aliphatic heterocycles. The number of rotatable bonds is 5. The third-order valence-corrected chi connectivity index (χ3v) is 5.30. The Labute approximate surface area is 144 Å². The normalized spacial score (nSPS) is 12.3. The predicted octanol–water partition coefficient (Wildman–Crippen LogP) is 5.63. The number of hydrogen-bond donors (Lipinski definition) is 1. The summed E-state index contributed by atoms with van der Waals surface area (Å²) in [5, 5.41) is 3.14. The molecule has 4 rings (SSSR count). The Balaban J connectivity index is 1.77. The van der Waals surface area contributed by atoms with Gasteiger partial charge in [-0.15, -0.1) is 11.3 Å². The Kier molecular flexibility index (Phi) is 4.01. The van der Waals surface area contributed by atoms with E-state index in [1.807, 2.05) is 54.0 Å². The predicted molar refractivity (Wildman–Crippen MR) is 99.9 cm³/mol. The van der Waals surface area contributed by atoms with Gasteiger partial charge in [0.2, 0.25) is 0 Å². The molecule has 2 aromatic carbocycles. The molecular formula is C21H17NOS. The second-order valence-electron chi connectivity index (χ2n) is 5.86. The lowest BCUT2D eigenvalue weighted by molar-refractivity contribution is 0.0981. The van der Waals surface area contributed by atoms with Gasteiger partial charge in [0.25, 0.3) is 0 Å². The highest BCUT2D eigenvalue weighted by Crippen LogP contribution is 2.34. The van der Waals surface area contributed by atoms with Crippen molar-refractivity contribution in [2.45, 2.75) is 12.3 Å². The van der Waals surface area contributed by atoms with Gasteiger partial charge in [-0.05, 0) is 28.6 Å². The first-order valence-electron chi connectivity index (χ1n) is 8.00. The van der Waals surface area contributed by atoms with Crippen LogP contribution in [-0.2, 0) is 0 Å². The number of para-hydroxylation sites is 1. The summed E-state index contributed by atoms with van der Waals surface area (Å²) in [5.74, 6) is 0.251. The van der Waals surface area contributed by atoms with Gasteiger partial charge in [0.05, 0.1) is 4.88 Å². The summed E-state index contributed by atoms with van der Waals surface area (Å²) in [5.41, 5.74) is 3.46. The molecule has 0 amide bonds. The molecule has 0 unspecified atom stereocenters. The van der Waals surface area contributed by atoms with Gasteiger partial charge in [-0.3, -0.25) is 4.79 Å². The van der Waals surface area contributed by atoms with Crippen molar-refractivity contribution in [3.8, 4) is 0 Å². The summed E-state index contributed by atoms with van der Waals surface area (Å²) < 4.78 is 0. The van der Waals surface area contributed by atoms with Crippen LogP contribution in [0.5, 0.6) is 0 Å². The van der Waals surface area contributed by atoms with Crippen molar-refractivity contribution >= 4 is 28.0 Å². The average molecular weight is 331 g/mol. The summed E-state index contributed by atoms with van der Waals surface area (Å²) in [4.78, 5) is 16.9. The lowest BCUT2D eigenvalue weighted by Crippen LogP contribution is -2.08. The minimum absolute atomic E-state index is 0.0527. The number of nitrogens with one attached hydrogen (secondary N) is 1. The van der Waals surface area contributed by atoms with Crippen LogP contribution < -0.4 is 0 Å². The molecule has 0 aliphatic carbocycles. The molecule has 118 valence electrons. The maximum absolute atomic E-state index is 12.7. The van der Waals surface area contributed by atoms with Gasteiger partial charge in [0.15, 0.2) is 5.78 Å². The Hall–Kier alpha value is -2.65. The van der Waals surface area contributed by atoms with E-state index in [-0.39, 0.29) is 11.7 Å². The first-order valence-corrected chi connectivity index (χ1v) is 8.88. The highest BCUT2D eigenvalue weighted by atomic mass is 32.1. The maximum Gasteiger partial charge on any atom is 0.173 e. The summed E-state index contributed by atoms with van der Waals surface area (Å²) in [6.07, 6.45) is 2.52. The number of benzene rings is 2. The van der Waals surface area contributed by atoms with E-state index in [4.69, 9.17) is 0 Å². The number of aromatic amines is 1. The van der Waals surface area contributed by atoms with Gasteiger partial charge in [0.1, 0.15) is 0 Å². The fourth-order valence-electron chi connectivity index (χ4n) is 3.20. The van der Waals surface area contributed by atoms with Crippen molar-refractivity contribution < 1.29 is 4.79 Å². The number of Topliss-reactive ketones (excluding diaryl/α,β-unsaturated/α-hetero) is 1. The first-order chi connectivity index (χ1) is 11.8. The van der Waals surface area contributed by atoms with Crippen LogP contribution in [0.1, 0.15) is 33.1 Å². The van der Waals surface area contributed by atoms with E-state index in [1.165, 1.54) is 27.8 Å².